The van der Waals surface area contributed by atoms with Gasteiger partial charge in [0.25, 0.3) is 0 Å². The fraction of sp³-hybridized carbons (Fsp3) is 0.769. The second kappa shape index (κ2) is 8.66. The maximum atomic E-state index is 11.5. The third-order valence-corrected chi connectivity index (χ3v) is 2.68. The molecule has 0 aromatic carbocycles. The fourth-order valence-electron chi connectivity index (χ4n) is 1.39. The molecule has 1 atom stereocenters. The molecule has 0 aliphatic rings. The van der Waals surface area contributed by atoms with Gasteiger partial charge in [0.05, 0.1) is 0 Å². The van der Waals surface area contributed by atoms with Crippen molar-refractivity contribution in [2.45, 2.75) is 58.4 Å². The van der Waals surface area contributed by atoms with Gasteiger partial charge in [0, 0.05) is 18.9 Å². The van der Waals surface area contributed by atoms with Crippen LogP contribution in [-0.2, 0) is 4.79 Å². The third kappa shape index (κ3) is 8.37. The molecular weight excluding hydrogens is 186 g/mol. The molecule has 0 aliphatic heterocycles. The molecule has 1 unspecified atom stereocenters. The molecule has 0 aliphatic carbocycles. The molecule has 0 saturated heterocycles. The number of Topliss-reactive ketones (excluding diaryl/α,β-unsaturated/α-hetero) is 1. The van der Waals surface area contributed by atoms with Crippen LogP contribution in [0, 0.1) is 5.92 Å². The van der Waals surface area contributed by atoms with E-state index in [1.807, 2.05) is 6.08 Å². The average molecular weight is 211 g/mol. The van der Waals surface area contributed by atoms with Crippen molar-refractivity contribution in [3.8, 4) is 0 Å². The standard InChI is InChI=1S/C13H25NO/c1-4-5-6-7-8-9-12(15)10-13(14)11(2)3/h4,11,13H,1,5-10,14H2,2-3H3. The lowest BCUT2D eigenvalue weighted by molar-refractivity contribution is -0.119. The lowest BCUT2D eigenvalue weighted by Crippen LogP contribution is -2.29. The first-order valence-electron chi connectivity index (χ1n) is 5.96. The lowest BCUT2D eigenvalue weighted by Gasteiger charge is -2.14. The van der Waals surface area contributed by atoms with E-state index >= 15 is 0 Å². The molecule has 0 aromatic rings. The number of hydrogen-bond donors (Lipinski definition) is 1. The van der Waals surface area contributed by atoms with Gasteiger partial charge in [0.15, 0.2) is 0 Å². The summed E-state index contributed by atoms with van der Waals surface area (Å²) in [5.41, 5.74) is 5.84. The Balaban J connectivity index is 3.45. The van der Waals surface area contributed by atoms with Crippen molar-refractivity contribution in [2.75, 3.05) is 0 Å². The van der Waals surface area contributed by atoms with Crippen LogP contribution in [0.15, 0.2) is 12.7 Å². The largest absolute Gasteiger partial charge is 0.327 e. The van der Waals surface area contributed by atoms with Gasteiger partial charge in [-0.05, 0) is 25.2 Å². The first-order valence-corrected chi connectivity index (χ1v) is 5.96. The molecule has 2 N–H and O–H groups in total. The Hall–Kier alpha value is -0.630. The molecule has 0 aromatic heterocycles. The van der Waals surface area contributed by atoms with Gasteiger partial charge in [-0.1, -0.05) is 26.3 Å². The van der Waals surface area contributed by atoms with E-state index < -0.39 is 0 Å². The smallest absolute Gasteiger partial charge is 0.134 e. The van der Waals surface area contributed by atoms with Gasteiger partial charge in [-0.3, -0.25) is 4.79 Å². The van der Waals surface area contributed by atoms with Crippen LogP contribution in [0.5, 0.6) is 0 Å². The monoisotopic (exact) mass is 211 g/mol. The Morgan fingerprint density at radius 2 is 2.00 bits per heavy atom. The van der Waals surface area contributed by atoms with Crippen LogP contribution in [0.2, 0.25) is 0 Å². The van der Waals surface area contributed by atoms with Gasteiger partial charge >= 0.3 is 0 Å². The summed E-state index contributed by atoms with van der Waals surface area (Å²) in [6.07, 6.45) is 7.48. The summed E-state index contributed by atoms with van der Waals surface area (Å²) >= 11 is 0. The highest BCUT2D eigenvalue weighted by Gasteiger charge is 2.12. The minimum atomic E-state index is 0.0330. The third-order valence-electron chi connectivity index (χ3n) is 2.68. The first kappa shape index (κ1) is 14.4. The summed E-state index contributed by atoms with van der Waals surface area (Å²) in [5.74, 6) is 0.713. The molecular formula is C13H25NO. The van der Waals surface area contributed by atoms with E-state index in [0.29, 0.717) is 24.5 Å². The molecule has 0 amide bonds. The predicted octanol–water partition coefficient (Wildman–Crippen LogP) is 3.07. The minimum absolute atomic E-state index is 0.0330. The van der Waals surface area contributed by atoms with Crippen molar-refractivity contribution in [1.29, 1.82) is 0 Å². The summed E-state index contributed by atoms with van der Waals surface area (Å²) in [4.78, 5) is 11.5. The van der Waals surface area contributed by atoms with Crippen LogP contribution in [0.1, 0.15) is 52.4 Å². The molecule has 0 radical (unpaired) electrons. The van der Waals surface area contributed by atoms with Crippen molar-refractivity contribution < 1.29 is 4.79 Å². The number of rotatable bonds is 9. The number of allylic oxidation sites excluding steroid dienone is 1. The van der Waals surface area contributed by atoms with E-state index in [-0.39, 0.29) is 6.04 Å². The Bertz CT molecular complexity index is 187. The average Bonchev–Trinajstić information content (AvgIpc) is 2.17. The highest BCUT2D eigenvalue weighted by atomic mass is 16.1. The number of ketones is 1. The Morgan fingerprint density at radius 1 is 1.33 bits per heavy atom. The zero-order valence-corrected chi connectivity index (χ0v) is 10.2. The molecule has 2 heteroatoms. The van der Waals surface area contributed by atoms with E-state index in [4.69, 9.17) is 5.73 Å². The molecule has 0 saturated carbocycles. The zero-order chi connectivity index (χ0) is 11.7. The van der Waals surface area contributed by atoms with Crippen LogP contribution in [0.4, 0.5) is 0 Å². The van der Waals surface area contributed by atoms with Gasteiger partial charge in [-0.15, -0.1) is 6.58 Å². The quantitative estimate of drug-likeness (QED) is 0.470. The molecule has 88 valence electrons. The van der Waals surface area contributed by atoms with Crippen molar-refractivity contribution >= 4 is 5.78 Å². The Morgan fingerprint density at radius 3 is 2.53 bits per heavy atom. The lowest BCUT2D eigenvalue weighted by atomic mass is 9.97. The zero-order valence-electron chi connectivity index (χ0n) is 10.2. The normalized spacial score (nSPS) is 12.8. The number of carbonyl (C=O) groups is 1. The number of hydrogen-bond acceptors (Lipinski definition) is 2. The minimum Gasteiger partial charge on any atom is -0.327 e. The Labute approximate surface area is 93.9 Å². The van der Waals surface area contributed by atoms with Gasteiger partial charge in [-0.25, -0.2) is 0 Å². The van der Waals surface area contributed by atoms with Crippen molar-refractivity contribution in [2.24, 2.45) is 11.7 Å². The van der Waals surface area contributed by atoms with Gasteiger partial charge in [-0.2, -0.15) is 0 Å². The summed E-state index contributed by atoms with van der Waals surface area (Å²) in [7, 11) is 0. The Kier molecular flexibility index (Phi) is 8.30. The second-order valence-electron chi connectivity index (χ2n) is 4.54. The summed E-state index contributed by atoms with van der Waals surface area (Å²) in [6.45, 7) is 7.78. The fourth-order valence-corrected chi connectivity index (χ4v) is 1.39. The van der Waals surface area contributed by atoms with Crippen LogP contribution >= 0.6 is 0 Å². The summed E-state index contributed by atoms with van der Waals surface area (Å²) in [5, 5.41) is 0. The van der Waals surface area contributed by atoms with E-state index in [0.717, 1.165) is 25.7 Å². The van der Waals surface area contributed by atoms with E-state index in [9.17, 15) is 4.79 Å². The van der Waals surface area contributed by atoms with Crippen molar-refractivity contribution in [3.05, 3.63) is 12.7 Å². The van der Waals surface area contributed by atoms with Crippen LogP contribution in [0.3, 0.4) is 0 Å². The molecule has 2 nitrogen and oxygen atoms in total. The highest BCUT2D eigenvalue weighted by Crippen LogP contribution is 2.09. The topological polar surface area (TPSA) is 43.1 Å². The first-order chi connectivity index (χ1) is 7.07. The van der Waals surface area contributed by atoms with E-state index in [1.54, 1.807) is 0 Å². The highest BCUT2D eigenvalue weighted by molar-refractivity contribution is 5.78. The molecule has 0 bridgehead atoms. The number of nitrogens with two attached hydrogens (primary N) is 1. The maximum absolute atomic E-state index is 11.5. The summed E-state index contributed by atoms with van der Waals surface area (Å²) < 4.78 is 0. The second-order valence-corrected chi connectivity index (χ2v) is 4.54. The van der Waals surface area contributed by atoms with E-state index in [1.165, 1.54) is 0 Å². The predicted molar refractivity (Wildman–Crippen MR) is 65.7 cm³/mol. The molecule has 0 fully saturated rings. The molecule has 0 heterocycles. The number of carbonyl (C=O) groups excluding carboxylic acids is 1. The molecule has 0 rings (SSSR count). The van der Waals surface area contributed by atoms with Crippen molar-refractivity contribution in [1.82, 2.24) is 0 Å². The van der Waals surface area contributed by atoms with Gasteiger partial charge in [0.2, 0.25) is 0 Å². The van der Waals surface area contributed by atoms with E-state index in [2.05, 4.69) is 20.4 Å². The van der Waals surface area contributed by atoms with Crippen LogP contribution in [-0.4, -0.2) is 11.8 Å². The molecule has 15 heavy (non-hydrogen) atoms. The van der Waals surface area contributed by atoms with Gasteiger partial charge in [0.1, 0.15) is 5.78 Å². The summed E-state index contributed by atoms with van der Waals surface area (Å²) in [6, 6.07) is 0.0330. The maximum Gasteiger partial charge on any atom is 0.134 e. The van der Waals surface area contributed by atoms with Gasteiger partial charge < -0.3 is 5.73 Å². The van der Waals surface area contributed by atoms with Crippen molar-refractivity contribution in [3.63, 3.8) is 0 Å². The SMILES string of the molecule is C=CCCCCCC(=O)CC(N)C(C)C. The van der Waals surface area contributed by atoms with Crippen LogP contribution < -0.4 is 5.73 Å². The molecule has 0 spiro atoms. The van der Waals surface area contributed by atoms with Crippen LogP contribution in [0.25, 0.3) is 0 Å². The number of unbranched alkanes of at least 4 members (excludes halogenated alkanes) is 3.